The first-order valence-electron chi connectivity index (χ1n) is 7.79. The molecule has 0 radical (unpaired) electrons. The minimum absolute atomic E-state index is 0.0212. The number of ether oxygens (including phenoxy) is 2. The maximum absolute atomic E-state index is 12.7. The van der Waals surface area contributed by atoms with Gasteiger partial charge in [-0.2, -0.15) is 0 Å². The van der Waals surface area contributed by atoms with Crippen molar-refractivity contribution < 1.29 is 14.3 Å². The average Bonchev–Trinajstić information content (AvgIpc) is 3.02. The summed E-state index contributed by atoms with van der Waals surface area (Å²) in [6.45, 7) is 5.39. The summed E-state index contributed by atoms with van der Waals surface area (Å²) in [5, 5.41) is 0. The molecule has 2 saturated heterocycles. The highest BCUT2D eigenvalue weighted by atomic mass is 16.5. The molecule has 0 saturated carbocycles. The third-order valence-corrected chi connectivity index (χ3v) is 4.46. The molecule has 114 valence electrons. The first kappa shape index (κ1) is 14.5. The fourth-order valence-corrected chi connectivity index (χ4v) is 3.38. The average molecular weight is 289 g/mol. The Morgan fingerprint density at radius 1 is 1.19 bits per heavy atom. The summed E-state index contributed by atoms with van der Waals surface area (Å²) < 4.78 is 11.6. The van der Waals surface area contributed by atoms with Crippen molar-refractivity contribution in [3.05, 3.63) is 35.9 Å². The minimum atomic E-state index is -0.260. The molecule has 3 rings (SSSR count). The molecular weight excluding hydrogens is 266 g/mol. The second kappa shape index (κ2) is 6.16. The molecule has 0 spiro atoms. The van der Waals surface area contributed by atoms with Crippen LogP contribution in [0.25, 0.3) is 0 Å². The van der Waals surface area contributed by atoms with Crippen molar-refractivity contribution >= 4 is 5.91 Å². The van der Waals surface area contributed by atoms with E-state index < -0.39 is 0 Å². The summed E-state index contributed by atoms with van der Waals surface area (Å²) in [6, 6.07) is 10.3. The topological polar surface area (TPSA) is 38.8 Å². The van der Waals surface area contributed by atoms with E-state index in [0.717, 1.165) is 18.4 Å². The number of morpholine rings is 1. The quantitative estimate of drug-likeness (QED) is 0.840. The molecule has 1 aromatic carbocycles. The van der Waals surface area contributed by atoms with E-state index in [1.807, 2.05) is 30.0 Å². The Bertz CT molecular complexity index is 484. The van der Waals surface area contributed by atoms with Crippen LogP contribution in [0.1, 0.15) is 38.4 Å². The maximum Gasteiger partial charge on any atom is 0.252 e. The van der Waals surface area contributed by atoms with E-state index in [1.165, 1.54) is 0 Å². The van der Waals surface area contributed by atoms with E-state index in [0.29, 0.717) is 13.2 Å². The molecule has 2 heterocycles. The number of rotatable bonds is 2. The van der Waals surface area contributed by atoms with Crippen molar-refractivity contribution in [3.63, 3.8) is 0 Å². The number of amides is 1. The van der Waals surface area contributed by atoms with Gasteiger partial charge < -0.3 is 14.4 Å². The number of hydrogen-bond acceptors (Lipinski definition) is 3. The molecule has 0 aromatic heterocycles. The van der Waals surface area contributed by atoms with Crippen LogP contribution in [0.15, 0.2) is 30.3 Å². The molecular formula is C17H23NO3. The van der Waals surface area contributed by atoms with Gasteiger partial charge in [-0.05, 0) is 32.3 Å². The highest BCUT2D eigenvalue weighted by Crippen LogP contribution is 2.32. The van der Waals surface area contributed by atoms with Gasteiger partial charge in [0.2, 0.25) is 0 Å². The van der Waals surface area contributed by atoms with Crippen LogP contribution < -0.4 is 0 Å². The van der Waals surface area contributed by atoms with Gasteiger partial charge in [0.15, 0.2) is 0 Å². The molecule has 2 aliphatic rings. The van der Waals surface area contributed by atoms with Crippen LogP contribution in [0.4, 0.5) is 0 Å². The summed E-state index contributed by atoms with van der Waals surface area (Å²) in [5.74, 6) is 0.122. The van der Waals surface area contributed by atoms with Crippen molar-refractivity contribution in [2.24, 2.45) is 0 Å². The molecule has 1 amide bonds. The summed E-state index contributed by atoms with van der Waals surface area (Å²) in [5.41, 5.74) is 1.13. The van der Waals surface area contributed by atoms with Gasteiger partial charge in [-0.15, -0.1) is 0 Å². The normalized spacial score (nSPS) is 33.1. The molecule has 2 fully saturated rings. The van der Waals surface area contributed by atoms with E-state index in [9.17, 15) is 4.79 Å². The number of nitrogens with zero attached hydrogens (tertiary/aromatic N) is 1. The van der Waals surface area contributed by atoms with E-state index in [4.69, 9.17) is 9.47 Å². The Balaban J connectivity index is 1.80. The fraction of sp³-hybridized carbons (Fsp3) is 0.588. The van der Waals surface area contributed by atoms with Gasteiger partial charge in [-0.25, -0.2) is 0 Å². The lowest BCUT2D eigenvalue weighted by molar-refractivity contribution is -0.162. The van der Waals surface area contributed by atoms with Crippen molar-refractivity contribution in [2.45, 2.75) is 51.0 Å². The van der Waals surface area contributed by atoms with Crippen LogP contribution in [-0.4, -0.2) is 42.2 Å². The Morgan fingerprint density at radius 3 is 2.62 bits per heavy atom. The Labute approximate surface area is 126 Å². The predicted molar refractivity (Wildman–Crippen MR) is 79.9 cm³/mol. The summed E-state index contributed by atoms with van der Waals surface area (Å²) in [6.07, 6.45) is 1.49. The maximum atomic E-state index is 12.7. The van der Waals surface area contributed by atoms with Gasteiger partial charge in [0.1, 0.15) is 12.2 Å². The van der Waals surface area contributed by atoms with Crippen molar-refractivity contribution in [2.75, 3.05) is 13.2 Å². The van der Waals surface area contributed by atoms with Gasteiger partial charge in [-0.3, -0.25) is 4.79 Å². The number of carbonyl (C=O) groups is 1. The highest BCUT2D eigenvalue weighted by Gasteiger charge is 2.40. The van der Waals surface area contributed by atoms with E-state index >= 15 is 0 Å². The van der Waals surface area contributed by atoms with E-state index in [2.05, 4.69) is 19.1 Å². The van der Waals surface area contributed by atoms with Crippen LogP contribution in [0.3, 0.4) is 0 Å². The van der Waals surface area contributed by atoms with Gasteiger partial charge in [0, 0.05) is 6.61 Å². The number of carbonyl (C=O) groups excluding carboxylic acids is 1. The standard InChI is InChI=1S/C17H23NO3/c1-12-11-21-16(14-7-4-3-5-8-14)13(2)18(12)17(19)15-9-6-10-20-15/h3-5,7-8,12-13,15-16H,6,9-11H2,1-2H3/t12-,13+,15+,16+/m1/s1. The zero-order chi connectivity index (χ0) is 14.8. The first-order chi connectivity index (χ1) is 10.2. The molecule has 1 aromatic rings. The lowest BCUT2D eigenvalue weighted by Gasteiger charge is -2.44. The lowest BCUT2D eigenvalue weighted by Crippen LogP contribution is -2.56. The largest absolute Gasteiger partial charge is 0.369 e. The summed E-state index contributed by atoms with van der Waals surface area (Å²) in [4.78, 5) is 14.7. The highest BCUT2D eigenvalue weighted by molar-refractivity contribution is 5.82. The zero-order valence-corrected chi connectivity index (χ0v) is 12.7. The summed E-state index contributed by atoms with van der Waals surface area (Å²) >= 11 is 0. The van der Waals surface area contributed by atoms with Crippen molar-refractivity contribution in [1.29, 1.82) is 0 Å². The SMILES string of the molecule is C[C@@H]1CO[C@H](c2ccccc2)[C@H](C)N1C(=O)[C@@H]1CCCO1. The summed E-state index contributed by atoms with van der Waals surface area (Å²) in [7, 11) is 0. The smallest absolute Gasteiger partial charge is 0.252 e. The molecule has 4 heteroatoms. The molecule has 0 bridgehead atoms. The molecule has 2 aliphatic heterocycles. The van der Waals surface area contributed by atoms with Crippen LogP contribution in [0.2, 0.25) is 0 Å². The molecule has 4 nitrogen and oxygen atoms in total. The molecule has 4 atom stereocenters. The van der Waals surface area contributed by atoms with Crippen LogP contribution in [0.5, 0.6) is 0 Å². The third kappa shape index (κ3) is 2.83. The third-order valence-electron chi connectivity index (χ3n) is 4.46. The fourth-order valence-electron chi connectivity index (χ4n) is 3.38. The van der Waals surface area contributed by atoms with E-state index in [1.54, 1.807) is 0 Å². The van der Waals surface area contributed by atoms with Crippen LogP contribution >= 0.6 is 0 Å². The molecule has 0 aliphatic carbocycles. The van der Waals surface area contributed by atoms with Gasteiger partial charge in [-0.1, -0.05) is 30.3 Å². The van der Waals surface area contributed by atoms with Crippen molar-refractivity contribution in [3.8, 4) is 0 Å². The van der Waals surface area contributed by atoms with Crippen LogP contribution in [0, 0.1) is 0 Å². The van der Waals surface area contributed by atoms with Gasteiger partial charge in [0.25, 0.3) is 5.91 Å². The zero-order valence-electron chi connectivity index (χ0n) is 12.7. The first-order valence-corrected chi connectivity index (χ1v) is 7.79. The van der Waals surface area contributed by atoms with Crippen LogP contribution in [-0.2, 0) is 14.3 Å². The number of hydrogen-bond donors (Lipinski definition) is 0. The van der Waals surface area contributed by atoms with E-state index in [-0.39, 0.29) is 30.2 Å². The lowest BCUT2D eigenvalue weighted by atomic mass is 9.97. The van der Waals surface area contributed by atoms with Gasteiger partial charge >= 0.3 is 0 Å². The second-order valence-corrected chi connectivity index (χ2v) is 6.00. The second-order valence-electron chi connectivity index (χ2n) is 6.00. The Hall–Kier alpha value is -1.39. The predicted octanol–water partition coefficient (Wildman–Crippen LogP) is 2.54. The molecule has 0 unspecified atom stereocenters. The Morgan fingerprint density at radius 2 is 1.95 bits per heavy atom. The van der Waals surface area contributed by atoms with Gasteiger partial charge in [0.05, 0.1) is 18.7 Å². The molecule has 21 heavy (non-hydrogen) atoms. The number of benzene rings is 1. The molecule has 0 N–H and O–H groups in total. The monoisotopic (exact) mass is 289 g/mol. The van der Waals surface area contributed by atoms with Crippen molar-refractivity contribution in [1.82, 2.24) is 4.90 Å². The Kier molecular flexibility index (Phi) is 4.27. The minimum Gasteiger partial charge on any atom is -0.369 e.